The van der Waals surface area contributed by atoms with Gasteiger partial charge < -0.3 is 10.6 Å². The van der Waals surface area contributed by atoms with Crippen LogP contribution in [-0.4, -0.2) is 37.8 Å². The van der Waals surface area contributed by atoms with E-state index in [9.17, 15) is 9.59 Å². The minimum atomic E-state index is -0.564. The van der Waals surface area contributed by atoms with E-state index < -0.39 is 6.04 Å². The van der Waals surface area contributed by atoms with Crippen molar-refractivity contribution in [2.24, 2.45) is 17.8 Å². The number of carbonyl (C=O) groups is 2. The quantitative estimate of drug-likeness (QED) is 0.447. The Kier molecular flexibility index (Phi) is 5.98. The molecule has 0 bridgehead atoms. The molecule has 2 aliphatic carbocycles. The number of hydrogen-bond acceptors (Lipinski definition) is 4. The predicted octanol–water partition coefficient (Wildman–Crippen LogP) is 4.08. The molecule has 0 radical (unpaired) electrons. The van der Waals surface area contributed by atoms with E-state index in [2.05, 4.69) is 25.9 Å². The molecule has 3 N–H and O–H groups in total. The molecule has 2 aliphatic rings. The Labute approximate surface area is 199 Å². The standard InChI is InChI=1S/C26H32N6O2/c1-4-32-21(13-14-27-32)25(33)29-24(23(18-5-6-18)19-7-8-19)26(34)28-20-11-9-17(10-12-20)22-15(2)30-31-16(22)3/h9-14,18-19,23-24H,4-8H2,1-3H3,(H,28,34)(H,29,33)(H,30,31). The number of benzene rings is 1. The minimum Gasteiger partial charge on any atom is -0.339 e. The molecule has 2 aromatic heterocycles. The number of anilines is 1. The second-order valence-corrected chi connectivity index (χ2v) is 9.61. The molecule has 0 aliphatic heterocycles. The summed E-state index contributed by atoms with van der Waals surface area (Å²) in [5, 5.41) is 17.6. The lowest BCUT2D eigenvalue weighted by molar-refractivity contribution is -0.119. The number of aromatic nitrogens is 4. The highest BCUT2D eigenvalue weighted by Crippen LogP contribution is 2.51. The molecule has 8 nitrogen and oxygen atoms in total. The summed E-state index contributed by atoms with van der Waals surface area (Å²) in [7, 11) is 0. The molecule has 1 aromatic carbocycles. The van der Waals surface area contributed by atoms with Crippen LogP contribution >= 0.6 is 0 Å². The number of aromatic amines is 1. The van der Waals surface area contributed by atoms with Crippen LogP contribution < -0.4 is 10.6 Å². The van der Waals surface area contributed by atoms with E-state index in [0.29, 0.717) is 24.1 Å². The summed E-state index contributed by atoms with van der Waals surface area (Å²) >= 11 is 0. The van der Waals surface area contributed by atoms with Crippen LogP contribution in [0.5, 0.6) is 0 Å². The van der Waals surface area contributed by atoms with Gasteiger partial charge in [0, 0.05) is 29.7 Å². The number of amides is 2. The van der Waals surface area contributed by atoms with Crippen molar-refractivity contribution < 1.29 is 9.59 Å². The summed E-state index contributed by atoms with van der Waals surface area (Å²) in [6, 6.07) is 8.95. The number of hydrogen-bond donors (Lipinski definition) is 3. The van der Waals surface area contributed by atoms with Crippen LogP contribution in [0.3, 0.4) is 0 Å². The van der Waals surface area contributed by atoms with Crippen molar-refractivity contribution in [3.8, 4) is 11.1 Å². The highest BCUT2D eigenvalue weighted by atomic mass is 16.2. The molecule has 5 rings (SSSR count). The molecular weight excluding hydrogens is 428 g/mol. The number of rotatable bonds is 9. The topological polar surface area (TPSA) is 105 Å². The molecule has 2 amide bonds. The van der Waals surface area contributed by atoms with Gasteiger partial charge in [0.05, 0.1) is 5.69 Å². The maximum atomic E-state index is 13.5. The Hall–Kier alpha value is -3.42. The third kappa shape index (κ3) is 4.49. The Balaban J connectivity index is 1.35. The molecule has 1 atom stereocenters. The van der Waals surface area contributed by atoms with Crippen molar-refractivity contribution in [3.05, 3.63) is 53.6 Å². The van der Waals surface area contributed by atoms with Gasteiger partial charge in [0.25, 0.3) is 5.91 Å². The van der Waals surface area contributed by atoms with Crippen LogP contribution in [0.2, 0.25) is 0 Å². The molecule has 178 valence electrons. The van der Waals surface area contributed by atoms with Gasteiger partial charge in [-0.2, -0.15) is 10.2 Å². The van der Waals surface area contributed by atoms with Gasteiger partial charge >= 0.3 is 0 Å². The molecule has 3 aromatic rings. The third-order valence-electron chi connectivity index (χ3n) is 7.10. The second-order valence-electron chi connectivity index (χ2n) is 9.61. The molecule has 2 heterocycles. The maximum Gasteiger partial charge on any atom is 0.270 e. The van der Waals surface area contributed by atoms with Gasteiger partial charge in [-0.05, 0) is 88.0 Å². The zero-order valence-electron chi connectivity index (χ0n) is 20.0. The van der Waals surface area contributed by atoms with Crippen molar-refractivity contribution in [1.29, 1.82) is 0 Å². The van der Waals surface area contributed by atoms with Crippen LogP contribution in [-0.2, 0) is 11.3 Å². The number of nitrogens with one attached hydrogen (secondary N) is 3. The highest BCUT2D eigenvalue weighted by molar-refractivity contribution is 6.01. The van der Waals surface area contributed by atoms with E-state index in [1.54, 1.807) is 16.9 Å². The number of nitrogens with zero attached hydrogens (tertiary/aromatic N) is 3. The van der Waals surface area contributed by atoms with E-state index in [0.717, 1.165) is 53.9 Å². The zero-order chi connectivity index (χ0) is 23.8. The molecule has 2 saturated carbocycles. The van der Waals surface area contributed by atoms with E-state index in [-0.39, 0.29) is 17.7 Å². The van der Waals surface area contributed by atoms with Crippen molar-refractivity contribution in [2.75, 3.05) is 5.32 Å². The van der Waals surface area contributed by atoms with Crippen LogP contribution in [0, 0.1) is 31.6 Å². The fourth-order valence-corrected chi connectivity index (χ4v) is 5.14. The molecule has 0 spiro atoms. The first-order chi connectivity index (χ1) is 16.5. The van der Waals surface area contributed by atoms with Crippen LogP contribution in [0.4, 0.5) is 5.69 Å². The molecule has 34 heavy (non-hydrogen) atoms. The van der Waals surface area contributed by atoms with Crippen molar-refractivity contribution >= 4 is 17.5 Å². The maximum absolute atomic E-state index is 13.5. The Morgan fingerprint density at radius 3 is 2.32 bits per heavy atom. The molecule has 8 heteroatoms. The molecule has 1 unspecified atom stereocenters. The Bertz CT molecular complexity index is 1150. The van der Waals surface area contributed by atoms with Gasteiger partial charge in [0.1, 0.15) is 11.7 Å². The predicted molar refractivity (Wildman–Crippen MR) is 130 cm³/mol. The molecule has 0 saturated heterocycles. The summed E-state index contributed by atoms with van der Waals surface area (Å²) in [5.41, 5.74) is 5.29. The number of H-pyrrole nitrogens is 1. The average Bonchev–Trinajstić information content (AvgIpc) is 3.76. The fourth-order valence-electron chi connectivity index (χ4n) is 5.14. The molecule has 2 fully saturated rings. The summed E-state index contributed by atoms with van der Waals surface area (Å²) in [6.07, 6.45) is 6.15. The van der Waals surface area contributed by atoms with Gasteiger partial charge in [0.15, 0.2) is 0 Å². The summed E-state index contributed by atoms with van der Waals surface area (Å²) in [6.45, 7) is 6.52. The third-order valence-corrected chi connectivity index (χ3v) is 7.10. The van der Waals surface area contributed by atoms with Crippen molar-refractivity contribution in [1.82, 2.24) is 25.3 Å². The first kappa shape index (κ1) is 22.4. The monoisotopic (exact) mass is 460 g/mol. The SMILES string of the molecule is CCn1nccc1C(=O)NC(C(=O)Nc1ccc(-c2c(C)n[nH]c2C)cc1)C(C1CC1)C1CC1. The Morgan fingerprint density at radius 1 is 1.09 bits per heavy atom. The van der Waals surface area contributed by atoms with E-state index in [1.165, 1.54) is 0 Å². The van der Waals surface area contributed by atoms with Crippen molar-refractivity contribution in [3.63, 3.8) is 0 Å². The first-order valence-electron chi connectivity index (χ1n) is 12.2. The lowest BCUT2D eigenvalue weighted by atomic mass is 9.88. The van der Waals surface area contributed by atoms with Gasteiger partial charge in [-0.15, -0.1) is 0 Å². The van der Waals surface area contributed by atoms with E-state index >= 15 is 0 Å². The largest absolute Gasteiger partial charge is 0.339 e. The lowest BCUT2D eigenvalue weighted by Crippen LogP contribution is -2.50. The van der Waals surface area contributed by atoms with E-state index in [1.807, 2.05) is 45.0 Å². The summed E-state index contributed by atoms with van der Waals surface area (Å²) < 4.78 is 1.66. The zero-order valence-corrected chi connectivity index (χ0v) is 20.0. The summed E-state index contributed by atoms with van der Waals surface area (Å²) in [5.74, 6) is 0.802. The van der Waals surface area contributed by atoms with Crippen LogP contribution in [0.25, 0.3) is 11.1 Å². The lowest BCUT2D eigenvalue weighted by Gasteiger charge is -2.27. The summed E-state index contributed by atoms with van der Waals surface area (Å²) in [4.78, 5) is 26.7. The highest BCUT2D eigenvalue weighted by Gasteiger charge is 2.48. The minimum absolute atomic E-state index is 0.150. The second kappa shape index (κ2) is 9.08. The Morgan fingerprint density at radius 2 is 1.76 bits per heavy atom. The fraction of sp³-hybridized carbons (Fsp3) is 0.462. The molecular formula is C26H32N6O2. The first-order valence-corrected chi connectivity index (χ1v) is 12.2. The van der Waals surface area contributed by atoms with Gasteiger partial charge in [-0.25, -0.2) is 0 Å². The number of carbonyl (C=O) groups excluding carboxylic acids is 2. The van der Waals surface area contributed by atoms with E-state index in [4.69, 9.17) is 0 Å². The smallest absolute Gasteiger partial charge is 0.270 e. The normalized spacial score (nSPS) is 16.5. The van der Waals surface area contributed by atoms with Gasteiger partial charge in [-0.3, -0.25) is 19.4 Å². The van der Waals surface area contributed by atoms with Crippen LogP contribution in [0.1, 0.15) is 54.5 Å². The number of aryl methyl sites for hydroxylation is 3. The van der Waals surface area contributed by atoms with Crippen molar-refractivity contribution in [2.45, 2.75) is 59.0 Å². The van der Waals surface area contributed by atoms with Crippen LogP contribution in [0.15, 0.2) is 36.5 Å². The van der Waals surface area contributed by atoms with Gasteiger partial charge in [-0.1, -0.05) is 12.1 Å². The average molecular weight is 461 g/mol. The van der Waals surface area contributed by atoms with Gasteiger partial charge in [0.2, 0.25) is 5.91 Å².